The largest absolute Gasteiger partial charge is 0.478 e. The number of nitrogens with zero attached hydrogens (tertiary/aromatic N) is 2. The Bertz CT molecular complexity index is 413. The highest BCUT2D eigenvalue weighted by Gasteiger charge is 2.27. The van der Waals surface area contributed by atoms with E-state index in [4.69, 9.17) is 9.84 Å². The Morgan fingerprint density at radius 1 is 1.37 bits per heavy atom. The molecule has 1 heterocycles. The van der Waals surface area contributed by atoms with E-state index in [-0.39, 0.29) is 11.7 Å². The van der Waals surface area contributed by atoms with E-state index in [0.29, 0.717) is 18.3 Å². The number of hydrogen-bond acceptors (Lipinski definition) is 4. The van der Waals surface area contributed by atoms with Gasteiger partial charge >= 0.3 is 5.97 Å². The summed E-state index contributed by atoms with van der Waals surface area (Å²) >= 11 is 0. The van der Waals surface area contributed by atoms with Gasteiger partial charge in [-0.2, -0.15) is 0 Å². The van der Waals surface area contributed by atoms with Crippen molar-refractivity contribution >= 4 is 5.97 Å². The smallest absolute Gasteiger partial charge is 0.338 e. The van der Waals surface area contributed by atoms with Crippen molar-refractivity contribution < 1.29 is 14.6 Å². The Morgan fingerprint density at radius 2 is 2.00 bits per heavy atom. The fourth-order valence-electron chi connectivity index (χ4n) is 2.63. The van der Waals surface area contributed by atoms with Crippen molar-refractivity contribution in [3.05, 3.63) is 23.8 Å². The molecule has 1 N–H and O–H groups in total. The summed E-state index contributed by atoms with van der Waals surface area (Å²) in [5, 5.41) is 8.86. The average Bonchev–Trinajstić information content (AvgIpc) is 2.46. The van der Waals surface area contributed by atoms with Gasteiger partial charge in [0.2, 0.25) is 0 Å². The second kappa shape index (κ2) is 6.61. The number of carboxylic acids is 1. The van der Waals surface area contributed by atoms with Crippen LogP contribution >= 0.6 is 0 Å². The van der Waals surface area contributed by atoms with Gasteiger partial charge in [0.1, 0.15) is 6.10 Å². The van der Waals surface area contributed by atoms with E-state index in [1.807, 2.05) is 6.92 Å². The van der Waals surface area contributed by atoms with E-state index in [1.165, 1.54) is 31.7 Å². The third-order valence-corrected chi connectivity index (χ3v) is 3.60. The maximum absolute atomic E-state index is 10.8. The Balaban J connectivity index is 2.15. The quantitative estimate of drug-likeness (QED) is 0.885. The summed E-state index contributed by atoms with van der Waals surface area (Å²) in [5.41, 5.74) is 0.114. The molecule has 1 aliphatic rings. The first-order chi connectivity index (χ1) is 9.22. The summed E-state index contributed by atoms with van der Waals surface area (Å²) in [5.74, 6) is 0.0558. The van der Waals surface area contributed by atoms with Gasteiger partial charge in [0, 0.05) is 19.0 Å². The number of aromatic nitrogens is 2. The molecule has 1 atom stereocenters. The van der Waals surface area contributed by atoms with Crippen LogP contribution in [0.2, 0.25) is 0 Å². The van der Waals surface area contributed by atoms with Crippen molar-refractivity contribution in [3.63, 3.8) is 0 Å². The molecule has 0 aliphatic heterocycles. The number of rotatable bonds is 5. The number of carbonyl (C=O) groups is 1. The summed E-state index contributed by atoms with van der Waals surface area (Å²) in [4.78, 5) is 19.2. The van der Waals surface area contributed by atoms with Crippen LogP contribution in [0.5, 0.6) is 0 Å². The lowest BCUT2D eigenvalue weighted by molar-refractivity contribution is -0.000256. The molecule has 2 rings (SSSR count). The van der Waals surface area contributed by atoms with Gasteiger partial charge in [-0.25, -0.2) is 14.8 Å². The lowest BCUT2D eigenvalue weighted by Crippen LogP contribution is -2.21. The summed E-state index contributed by atoms with van der Waals surface area (Å²) in [6.07, 6.45) is 8.62. The molecule has 5 heteroatoms. The first-order valence-corrected chi connectivity index (χ1v) is 6.89. The molecule has 1 aromatic rings. The highest BCUT2D eigenvalue weighted by atomic mass is 16.5. The fraction of sp³-hybridized carbons (Fsp3) is 0.643. The Hall–Kier alpha value is -1.49. The molecule has 0 aromatic carbocycles. The minimum atomic E-state index is -1.00. The molecule has 0 spiro atoms. The molecule has 5 nitrogen and oxygen atoms in total. The van der Waals surface area contributed by atoms with Crippen molar-refractivity contribution in [3.8, 4) is 0 Å². The zero-order chi connectivity index (χ0) is 13.7. The van der Waals surface area contributed by atoms with Crippen LogP contribution in [0.4, 0.5) is 0 Å². The zero-order valence-corrected chi connectivity index (χ0v) is 11.2. The second-order valence-corrected chi connectivity index (χ2v) is 4.91. The van der Waals surface area contributed by atoms with E-state index < -0.39 is 5.97 Å². The van der Waals surface area contributed by atoms with Gasteiger partial charge in [-0.15, -0.1) is 0 Å². The maximum atomic E-state index is 10.8. The molecule has 104 valence electrons. The Labute approximate surface area is 113 Å². The van der Waals surface area contributed by atoms with Crippen molar-refractivity contribution in [2.75, 3.05) is 6.61 Å². The minimum absolute atomic E-state index is 0.104. The average molecular weight is 264 g/mol. The minimum Gasteiger partial charge on any atom is -0.478 e. The Morgan fingerprint density at radius 3 is 2.53 bits per heavy atom. The maximum Gasteiger partial charge on any atom is 0.338 e. The van der Waals surface area contributed by atoms with Crippen molar-refractivity contribution in [2.24, 2.45) is 5.92 Å². The lowest BCUT2D eigenvalue weighted by Gasteiger charge is -2.28. The molecule has 0 radical (unpaired) electrons. The zero-order valence-electron chi connectivity index (χ0n) is 11.2. The monoisotopic (exact) mass is 264 g/mol. The highest BCUT2D eigenvalue weighted by molar-refractivity contribution is 5.86. The van der Waals surface area contributed by atoms with Gasteiger partial charge in [0.25, 0.3) is 0 Å². The summed E-state index contributed by atoms with van der Waals surface area (Å²) in [6.45, 7) is 2.58. The van der Waals surface area contributed by atoms with Crippen LogP contribution in [-0.2, 0) is 4.74 Å². The number of hydrogen-bond donors (Lipinski definition) is 1. The van der Waals surface area contributed by atoms with Gasteiger partial charge in [-0.3, -0.25) is 0 Å². The molecule has 1 fully saturated rings. The number of ether oxygens (including phenoxy) is 1. The molecule has 0 saturated heterocycles. The molecular formula is C14H20N2O3. The van der Waals surface area contributed by atoms with Crippen LogP contribution in [0.1, 0.15) is 61.3 Å². The van der Waals surface area contributed by atoms with Crippen molar-refractivity contribution in [1.82, 2.24) is 9.97 Å². The van der Waals surface area contributed by atoms with Crippen molar-refractivity contribution in [2.45, 2.75) is 45.1 Å². The first-order valence-electron chi connectivity index (χ1n) is 6.89. The Kier molecular flexibility index (Phi) is 4.85. The standard InChI is InChI=1S/C14H20N2O3/c1-2-19-12(10-6-4-3-5-7-10)13-15-8-11(9-16-13)14(17)18/h8-10,12H,2-7H2,1H3,(H,17,18). The summed E-state index contributed by atoms with van der Waals surface area (Å²) < 4.78 is 5.80. The van der Waals surface area contributed by atoms with Gasteiger partial charge in [-0.1, -0.05) is 19.3 Å². The molecule has 1 unspecified atom stereocenters. The van der Waals surface area contributed by atoms with E-state index in [2.05, 4.69) is 9.97 Å². The van der Waals surface area contributed by atoms with Gasteiger partial charge in [0.05, 0.1) is 5.56 Å². The van der Waals surface area contributed by atoms with Gasteiger partial charge in [-0.05, 0) is 25.7 Å². The fourth-order valence-corrected chi connectivity index (χ4v) is 2.63. The first kappa shape index (κ1) is 13.9. The molecule has 1 aliphatic carbocycles. The predicted molar refractivity (Wildman–Crippen MR) is 69.9 cm³/mol. The predicted octanol–water partition coefficient (Wildman–Crippen LogP) is 2.83. The molecule has 0 amide bonds. The number of aromatic carboxylic acids is 1. The van der Waals surface area contributed by atoms with E-state index in [9.17, 15) is 4.79 Å². The van der Waals surface area contributed by atoms with Gasteiger partial charge in [0.15, 0.2) is 5.82 Å². The van der Waals surface area contributed by atoms with Crippen LogP contribution in [0.25, 0.3) is 0 Å². The van der Waals surface area contributed by atoms with Crippen molar-refractivity contribution in [1.29, 1.82) is 0 Å². The lowest BCUT2D eigenvalue weighted by atomic mass is 9.85. The van der Waals surface area contributed by atoms with E-state index in [1.54, 1.807) is 0 Å². The van der Waals surface area contributed by atoms with Crippen LogP contribution in [0.15, 0.2) is 12.4 Å². The van der Waals surface area contributed by atoms with Gasteiger partial charge < -0.3 is 9.84 Å². The SMILES string of the molecule is CCOC(c1ncc(C(=O)O)cn1)C1CCCCC1. The molecule has 1 aromatic heterocycles. The third kappa shape index (κ3) is 3.50. The molecule has 1 saturated carbocycles. The van der Waals surface area contributed by atoms with E-state index in [0.717, 1.165) is 12.8 Å². The normalized spacial score (nSPS) is 18.2. The molecule has 19 heavy (non-hydrogen) atoms. The van der Waals surface area contributed by atoms with Crippen LogP contribution in [0, 0.1) is 5.92 Å². The van der Waals surface area contributed by atoms with E-state index >= 15 is 0 Å². The summed E-state index contributed by atoms with van der Waals surface area (Å²) in [7, 11) is 0. The second-order valence-electron chi connectivity index (χ2n) is 4.91. The van der Waals surface area contributed by atoms with Crippen LogP contribution in [0.3, 0.4) is 0 Å². The van der Waals surface area contributed by atoms with Crippen LogP contribution in [-0.4, -0.2) is 27.7 Å². The topological polar surface area (TPSA) is 72.3 Å². The summed E-state index contributed by atoms with van der Waals surface area (Å²) in [6, 6.07) is 0. The third-order valence-electron chi connectivity index (χ3n) is 3.60. The highest BCUT2D eigenvalue weighted by Crippen LogP contribution is 2.35. The number of carboxylic acid groups (broad SMARTS) is 1. The van der Waals surface area contributed by atoms with Crippen LogP contribution < -0.4 is 0 Å². The molecular weight excluding hydrogens is 244 g/mol. The molecule has 0 bridgehead atoms.